The van der Waals surface area contributed by atoms with Gasteiger partial charge in [-0.3, -0.25) is 0 Å². The van der Waals surface area contributed by atoms with Gasteiger partial charge in [-0.05, 0) is 37.6 Å². The second kappa shape index (κ2) is 5.49. The highest BCUT2D eigenvalue weighted by molar-refractivity contribution is 5.72. The molecule has 0 fully saturated rings. The quantitative estimate of drug-likeness (QED) is 0.800. The molecule has 0 aliphatic carbocycles. The molecule has 0 saturated carbocycles. The third-order valence-electron chi connectivity index (χ3n) is 2.87. The van der Waals surface area contributed by atoms with Crippen LogP contribution in [0.4, 0.5) is 13.2 Å². The monoisotopic (exact) mass is 291 g/mol. The van der Waals surface area contributed by atoms with Crippen LogP contribution in [0.25, 0.3) is 11.1 Å². The molecular formula is C16H12F3NO. The second-order valence-electron chi connectivity index (χ2n) is 4.75. The Morgan fingerprint density at radius 3 is 2.14 bits per heavy atom. The summed E-state index contributed by atoms with van der Waals surface area (Å²) in [5.41, 5.74) is 2.91. The van der Waals surface area contributed by atoms with E-state index in [1.807, 2.05) is 26.0 Å². The Labute approximate surface area is 120 Å². The molecular weight excluding hydrogens is 279 g/mol. The highest BCUT2D eigenvalue weighted by Crippen LogP contribution is 2.35. The van der Waals surface area contributed by atoms with Crippen molar-refractivity contribution in [2.24, 2.45) is 0 Å². The zero-order valence-electron chi connectivity index (χ0n) is 11.5. The number of rotatable bonds is 2. The van der Waals surface area contributed by atoms with Crippen LogP contribution in [-0.2, 0) is 0 Å². The van der Waals surface area contributed by atoms with E-state index in [1.165, 1.54) is 12.1 Å². The highest BCUT2D eigenvalue weighted by Gasteiger charge is 2.32. The van der Waals surface area contributed by atoms with Gasteiger partial charge in [0, 0.05) is 5.56 Å². The number of nitrogens with zero attached hydrogens (tertiary/aromatic N) is 1. The van der Waals surface area contributed by atoms with E-state index in [0.29, 0.717) is 11.1 Å². The number of aryl methyl sites for hydroxylation is 2. The van der Waals surface area contributed by atoms with Crippen molar-refractivity contribution in [2.75, 3.05) is 0 Å². The predicted octanol–water partition coefficient (Wildman–Crippen LogP) is 4.74. The SMILES string of the molecule is Cc1cc(C)cc(-c2ccc(C#N)cc2OC(F)(F)F)c1. The van der Waals surface area contributed by atoms with Crippen LogP contribution in [0.3, 0.4) is 0 Å². The first-order chi connectivity index (χ1) is 9.78. The van der Waals surface area contributed by atoms with Gasteiger partial charge in [0.1, 0.15) is 5.75 Å². The molecule has 0 unspecified atom stereocenters. The van der Waals surface area contributed by atoms with Gasteiger partial charge in [0.2, 0.25) is 0 Å². The van der Waals surface area contributed by atoms with E-state index in [4.69, 9.17) is 5.26 Å². The number of hydrogen-bond acceptors (Lipinski definition) is 2. The molecule has 5 heteroatoms. The minimum atomic E-state index is -4.80. The van der Waals surface area contributed by atoms with E-state index < -0.39 is 6.36 Å². The Bertz CT molecular complexity index is 694. The van der Waals surface area contributed by atoms with E-state index in [1.54, 1.807) is 12.1 Å². The number of ether oxygens (including phenoxy) is 1. The first kappa shape index (κ1) is 14.9. The number of halogens is 3. The van der Waals surface area contributed by atoms with E-state index >= 15 is 0 Å². The minimum Gasteiger partial charge on any atom is -0.405 e. The third kappa shape index (κ3) is 3.76. The molecule has 0 saturated heterocycles. The average Bonchev–Trinajstić information content (AvgIpc) is 2.35. The molecule has 0 aliphatic heterocycles. The van der Waals surface area contributed by atoms with Crippen molar-refractivity contribution in [3.63, 3.8) is 0 Å². The van der Waals surface area contributed by atoms with Crippen molar-refractivity contribution in [3.05, 3.63) is 53.1 Å². The topological polar surface area (TPSA) is 33.0 Å². The van der Waals surface area contributed by atoms with Gasteiger partial charge >= 0.3 is 6.36 Å². The van der Waals surface area contributed by atoms with Crippen LogP contribution >= 0.6 is 0 Å². The van der Waals surface area contributed by atoms with Gasteiger partial charge < -0.3 is 4.74 Å². The first-order valence-electron chi connectivity index (χ1n) is 6.17. The maximum atomic E-state index is 12.5. The van der Waals surface area contributed by atoms with Crippen LogP contribution in [0.1, 0.15) is 16.7 Å². The third-order valence-corrected chi connectivity index (χ3v) is 2.87. The Balaban J connectivity index is 2.59. The van der Waals surface area contributed by atoms with Gasteiger partial charge in [0.05, 0.1) is 11.6 Å². The fraction of sp³-hybridized carbons (Fsp3) is 0.188. The zero-order chi connectivity index (χ0) is 15.6. The largest absolute Gasteiger partial charge is 0.573 e. The van der Waals surface area contributed by atoms with Crippen molar-refractivity contribution in [1.82, 2.24) is 0 Å². The molecule has 21 heavy (non-hydrogen) atoms. The smallest absolute Gasteiger partial charge is 0.405 e. The summed E-state index contributed by atoms with van der Waals surface area (Å²) in [5, 5.41) is 8.82. The average molecular weight is 291 g/mol. The van der Waals surface area contributed by atoms with Crippen LogP contribution in [0.15, 0.2) is 36.4 Å². The normalized spacial score (nSPS) is 11.0. The number of nitriles is 1. The van der Waals surface area contributed by atoms with Gasteiger partial charge in [-0.2, -0.15) is 5.26 Å². The summed E-state index contributed by atoms with van der Waals surface area (Å²) in [6.45, 7) is 3.73. The molecule has 0 N–H and O–H groups in total. The van der Waals surface area contributed by atoms with Gasteiger partial charge in [-0.1, -0.05) is 29.3 Å². The minimum absolute atomic E-state index is 0.113. The molecule has 2 rings (SSSR count). The van der Waals surface area contributed by atoms with E-state index in [-0.39, 0.29) is 11.3 Å². The number of alkyl halides is 3. The first-order valence-corrected chi connectivity index (χ1v) is 6.17. The van der Waals surface area contributed by atoms with Crippen molar-refractivity contribution in [2.45, 2.75) is 20.2 Å². The molecule has 2 aromatic rings. The summed E-state index contributed by atoms with van der Waals surface area (Å²) in [7, 11) is 0. The summed E-state index contributed by atoms with van der Waals surface area (Å²) in [4.78, 5) is 0. The van der Waals surface area contributed by atoms with Crippen LogP contribution in [0, 0.1) is 25.2 Å². The molecule has 0 bridgehead atoms. The van der Waals surface area contributed by atoms with Crippen LogP contribution in [0.5, 0.6) is 5.75 Å². The molecule has 0 aromatic heterocycles. The summed E-state index contributed by atoms with van der Waals surface area (Å²) in [6.07, 6.45) is -4.80. The summed E-state index contributed by atoms with van der Waals surface area (Å²) < 4.78 is 41.6. The molecule has 2 nitrogen and oxygen atoms in total. The predicted molar refractivity (Wildman–Crippen MR) is 72.8 cm³/mol. The Morgan fingerprint density at radius 1 is 1.00 bits per heavy atom. The maximum absolute atomic E-state index is 12.5. The maximum Gasteiger partial charge on any atom is 0.573 e. The van der Waals surface area contributed by atoms with Crippen molar-refractivity contribution < 1.29 is 17.9 Å². The van der Waals surface area contributed by atoms with E-state index in [0.717, 1.165) is 17.2 Å². The zero-order valence-corrected chi connectivity index (χ0v) is 11.5. The van der Waals surface area contributed by atoms with Gasteiger partial charge in [-0.25, -0.2) is 0 Å². The number of benzene rings is 2. The molecule has 0 aliphatic rings. The molecule has 0 atom stereocenters. The Morgan fingerprint density at radius 2 is 1.62 bits per heavy atom. The molecule has 0 spiro atoms. The summed E-state index contributed by atoms with van der Waals surface area (Å²) in [5.74, 6) is -0.369. The molecule has 0 amide bonds. The standard InChI is InChI=1S/C16H12F3NO/c1-10-5-11(2)7-13(6-10)14-4-3-12(9-20)8-15(14)21-16(17,18)19/h3-8H,1-2H3. The van der Waals surface area contributed by atoms with Crippen LogP contribution in [-0.4, -0.2) is 6.36 Å². The van der Waals surface area contributed by atoms with Crippen molar-refractivity contribution in [3.8, 4) is 22.9 Å². The van der Waals surface area contributed by atoms with E-state index in [2.05, 4.69) is 4.74 Å². The van der Waals surface area contributed by atoms with Crippen LogP contribution in [0.2, 0.25) is 0 Å². The van der Waals surface area contributed by atoms with Gasteiger partial charge in [0.25, 0.3) is 0 Å². The van der Waals surface area contributed by atoms with Crippen molar-refractivity contribution >= 4 is 0 Å². The molecule has 2 aromatic carbocycles. The fourth-order valence-electron chi connectivity index (χ4n) is 2.17. The van der Waals surface area contributed by atoms with E-state index in [9.17, 15) is 13.2 Å². The lowest BCUT2D eigenvalue weighted by Gasteiger charge is -2.14. The second-order valence-corrected chi connectivity index (χ2v) is 4.75. The molecule has 0 heterocycles. The fourth-order valence-corrected chi connectivity index (χ4v) is 2.17. The lowest BCUT2D eigenvalue weighted by Crippen LogP contribution is -2.17. The van der Waals surface area contributed by atoms with Gasteiger partial charge in [0.15, 0.2) is 0 Å². The summed E-state index contributed by atoms with van der Waals surface area (Å²) >= 11 is 0. The highest BCUT2D eigenvalue weighted by atomic mass is 19.4. The Kier molecular flexibility index (Phi) is 3.90. The lowest BCUT2D eigenvalue weighted by atomic mass is 9.99. The molecule has 108 valence electrons. The summed E-state index contributed by atoms with van der Waals surface area (Å²) in [6, 6.07) is 11.3. The number of hydrogen-bond donors (Lipinski definition) is 0. The van der Waals surface area contributed by atoms with Crippen molar-refractivity contribution in [1.29, 1.82) is 5.26 Å². The molecule has 0 radical (unpaired) electrons. The van der Waals surface area contributed by atoms with Gasteiger partial charge in [-0.15, -0.1) is 13.2 Å². The van der Waals surface area contributed by atoms with Crippen LogP contribution < -0.4 is 4.74 Å². The lowest BCUT2D eigenvalue weighted by molar-refractivity contribution is -0.274. The Hall–Kier alpha value is -2.48.